The van der Waals surface area contributed by atoms with Crippen LogP contribution in [0.15, 0.2) is 52.1 Å². The molecule has 1 atom stereocenters. The van der Waals surface area contributed by atoms with Crippen LogP contribution in [-0.2, 0) is 10.3 Å². The zero-order valence-electron chi connectivity index (χ0n) is 10.6. The monoisotopic (exact) mass is 292 g/mol. The lowest BCUT2D eigenvalue weighted by Crippen LogP contribution is -2.53. The van der Waals surface area contributed by atoms with Gasteiger partial charge in [-0.2, -0.15) is 0 Å². The fourth-order valence-electron chi connectivity index (χ4n) is 1.88. The molecule has 5 heteroatoms. The molecule has 0 spiro atoms. The van der Waals surface area contributed by atoms with E-state index in [1.165, 1.54) is 4.21 Å². The Labute approximate surface area is 121 Å². The van der Waals surface area contributed by atoms with Gasteiger partial charge in [0.05, 0.1) is 4.21 Å². The van der Waals surface area contributed by atoms with Crippen LogP contribution in [-0.4, -0.2) is 18.7 Å². The Balaban J connectivity index is 2.27. The van der Waals surface area contributed by atoms with Crippen LogP contribution in [0.1, 0.15) is 5.56 Å². The van der Waals surface area contributed by atoms with Crippen LogP contribution in [0, 0.1) is 0 Å². The molecule has 100 valence electrons. The number of carbonyl (C=O) groups is 1. The first kappa shape index (κ1) is 14.1. The third kappa shape index (κ3) is 3.00. The summed E-state index contributed by atoms with van der Waals surface area (Å²) in [6.07, 6.45) is 0. The second-order valence-electron chi connectivity index (χ2n) is 4.11. The van der Waals surface area contributed by atoms with Crippen LogP contribution >= 0.6 is 23.1 Å². The molecule has 2 aromatic rings. The number of primary amides is 1. The van der Waals surface area contributed by atoms with Crippen molar-refractivity contribution in [1.82, 2.24) is 5.32 Å². The second-order valence-corrected chi connectivity index (χ2v) is 6.33. The van der Waals surface area contributed by atoms with E-state index in [9.17, 15) is 4.79 Å². The molecule has 2 rings (SSSR count). The Morgan fingerprint density at radius 2 is 2.05 bits per heavy atom. The molecule has 0 radical (unpaired) electrons. The summed E-state index contributed by atoms with van der Waals surface area (Å²) < 4.78 is 1.18. The van der Waals surface area contributed by atoms with Crippen LogP contribution in [0.5, 0.6) is 0 Å². The van der Waals surface area contributed by atoms with Crippen molar-refractivity contribution < 1.29 is 4.79 Å². The van der Waals surface area contributed by atoms with E-state index in [2.05, 4.69) is 5.32 Å². The van der Waals surface area contributed by atoms with E-state index in [0.29, 0.717) is 5.75 Å². The Morgan fingerprint density at radius 3 is 2.58 bits per heavy atom. The zero-order valence-corrected chi connectivity index (χ0v) is 12.3. The van der Waals surface area contributed by atoms with Crippen molar-refractivity contribution in [3.63, 3.8) is 0 Å². The van der Waals surface area contributed by atoms with Crippen molar-refractivity contribution in [2.45, 2.75) is 9.75 Å². The lowest BCUT2D eigenvalue weighted by Gasteiger charge is -2.30. The summed E-state index contributed by atoms with van der Waals surface area (Å²) in [7, 11) is 1.77. The number of hydrogen-bond donors (Lipinski definition) is 2. The largest absolute Gasteiger partial charge is 0.368 e. The van der Waals surface area contributed by atoms with E-state index in [1.54, 1.807) is 30.1 Å². The van der Waals surface area contributed by atoms with Crippen molar-refractivity contribution in [2.75, 3.05) is 12.8 Å². The molecule has 1 unspecified atom stereocenters. The van der Waals surface area contributed by atoms with Crippen LogP contribution in [0.25, 0.3) is 0 Å². The summed E-state index contributed by atoms with van der Waals surface area (Å²) in [5.74, 6) is 0.217. The molecular formula is C14H16N2OS2. The predicted molar refractivity (Wildman–Crippen MR) is 81.4 cm³/mol. The van der Waals surface area contributed by atoms with E-state index in [0.717, 1.165) is 5.56 Å². The molecule has 1 aromatic carbocycles. The molecule has 1 heterocycles. The van der Waals surface area contributed by atoms with Crippen molar-refractivity contribution in [2.24, 2.45) is 5.73 Å². The van der Waals surface area contributed by atoms with E-state index < -0.39 is 5.54 Å². The number of nitrogens with two attached hydrogens (primary N) is 1. The molecule has 0 aliphatic heterocycles. The van der Waals surface area contributed by atoms with Crippen molar-refractivity contribution in [3.8, 4) is 0 Å². The minimum atomic E-state index is -0.837. The van der Waals surface area contributed by atoms with Gasteiger partial charge in [0.2, 0.25) is 5.91 Å². The maximum absolute atomic E-state index is 12.0. The van der Waals surface area contributed by atoms with E-state index >= 15 is 0 Å². The summed E-state index contributed by atoms with van der Waals surface area (Å²) >= 11 is 3.30. The van der Waals surface area contributed by atoms with Gasteiger partial charge in [0.1, 0.15) is 5.54 Å². The fraction of sp³-hybridized carbons (Fsp3) is 0.214. The normalized spacial score (nSPS) is 13.9. The van der Waals surface area contributed by atoms with Gasteiger partial charge < -0.3 is 11.1 Å². The Bertz CT molecular complexity index is 528. The van der Waals surface area contributed by atoms with Crippen LogP contribution in [0.3, 0.4) is 0 Å². The number of amides is 1. The summed E-state index contributed by atoms with van der Waals surface area (Å²) in [5.41, 5.74) is 5.70. The van der Waals surface area contributed by atoms with E-state index in [1.807, 2.05) is 47.8 Å². The molecule has 0 bridgehead atoms. The first-order chi connectivity index (χ1) is 9.19. The number of hydrogen-bond acceptors (Lipinski definition) is 4. The molecule has 0 aliphatic carbocycles. The molecule has 1 aromatic heterocycles. The molecule has 1 amide bonds. The van der Waals surface area contributed by atoms with Crippen molar-refractivity contribution >= 4 is 29.0 Å². The van der Waals surface area contributed by atoms with E-state index in [4.69, 9.17) is 5.73 Å². The molecule has 0 saturated carbocycles. The van der Waals surface area contributed by atoms with Crippen LogP contribution < -0.4 is 11.1 Å². The number of benzene rings is 1. The van der Waals surface area contributed by atoms with Gasteiger partial charge in [-0.25, -0.2) is 0 Å². The van der Waals surface area contributed by atoms with Gasteiger partial charge in [-0.1, -0.05) is 36.4 Å². The molecule has 0 aliphatic rings. The van der Waals surface area contributed by atoms with Gasteiger partial charge in [-0.05, 0) is 24.1 Å². The van der Waals surface area contributed by atoms with Crippen LogP contribution in [0.2, 0.25) is 0 Å². The smallest absolute Gasteiger partial charge is 0.243 e. The fourth-order valence-corrected chi connectivity index (χ4v) is 3.93. The summed E-state index contributed by atoms with van der Waals surface area (Å²) in [6, 6.07) is 13.7. The second kappa shape index (κ2) is 6.23. The highest BCUT2D eigenvalue weighted by molar-refractivity contribution is 8.01. The van der Waals surface area contributed by atoms with Gasteiger partial charge in [0.25, 0.3) is 0 Å². The SMILES string of the molecule is CNC(CSc1cccs1)(C(N)=O)c1ccccc1. The van der Waals surface area contributed by atoms with E-state index in [-0.39, 0.29) is 5.91 Å². The van der Waals surface area contributed by atoms with Gasteiger partial charge in [-0.15, -0.1) is 23.1 Å². The third-order valence-electron chi connectivity index (χ3n) is 3.04. The Morgan fingerprint density at radius 1 is 1.32 bits per heavy atom. The first-order valence-corrected chi connectivity index (χ1v) is 7.76. The summed E-state index contributed by atoms with van der Waals surface area (Å²) in [6.45, 7) is 0. The minimum absolute atomic E-state index is 0.356. The quantitative estimate of drug-likeness (QED) is 0.804. The lowest BCUT2D eigenvalue weighted by molar-refractivity contribution is -0.123. The third-order valence-corrected chi connectivity index (χ3v) is 5.34. The Kier molecular flexibility index (Phi) is 4.63. The number of carbonyl (C=O) groups excluding carboxylic acids is 1. The molecule has 19 heavy (non-hydrogen) atoms. The average Bonchev–Trinajstić information content (AvgIpc) is 2.94. The highest BCUT2D eigenvalue weighted by atomic mass is 32.2. The highest BCUT2D eigenvalue weighted by Crippen LogP contribution is 2.31. The number of rotatable bonds is 6. The van der Waals surface area contributed by atoms with Gasteiger partial charge in [-0.3, -0.25) is 4.79 Å². The number of thiophene rings is 1. The number of likely N-dealkylation sites (N-methyl/N-ethyl adjacent to an activating group) is 1. The van der Waals surface area contributed by atoms with Gasteiger partial charge in [0.15, 0.2) is 0 Å². The molecule has 3 N–H and O–H groups in total. The predicted octanol–water partition coefficient (Wildman–Crippen LogP) is 2.44. The number of nitrogens with one attached hydrogen (secondary N) is 1. The first-order valence-electron chi connectivity index (χ1n) is 5.90. The molecule has 3 nitrogen and oxygen atoms in total. The standard InChI is InChI=1S/C14H16N2OS2/c1-16-14(13(15)17,11-6-3-2-4-7-11)10-19-12-8-5-9-18-12/h2-9,16H,10H2,1H3,(H2,15,17). The topological polar surface area (TPSA) is 55.1 Å². The lowest BCUT2D eigenvalue weighted by atomic mass is 9.91. The highest BCUT2D eigenvalue weighted by Gasteiger charge is 2.37. The van der Waals surface area contributed by atoms with Crippen molar-refractivity contribution in [3.05, 3.63) is 53.4 Å². The summed E-state index contributed by atoms with van der Waals surface area (Å²) in [5, 5.41) is 5.13. The molecular weight excluding hydrogens is 276 g/mol. The zero-order chi connectivity index (χ0) is 13.7. The van der Waals surface area contributed by atoms with Gasteiger partial charge in [0, 0.05) is 5.75 Å². The maximum Gasteiger partial charge on any atom is 0.243 e. The van der Waals surface area contributed by atoms with Crippen LogP contribution in [0.4, 0.5) is 0 Å². The summed E-state index contributed by atoms with van der Waals surface area (Å²) in [4.78, 5) is 12.0. The molecule has 0 saturated heterocycles. The maximum atomic E-state index is 12.0. The van der Waals surface area contributed by atoms with Crippen molar-refractivity contribution in [1.29, 1.82) is 0 Å². The Hall–Kier alpha value is -1.30. The average molecular weight is 292 g/mol. The number of thioether (sulfide) groups is 1. The minimum Gasteiger partial charge on any atom is -0.368 e. The molecule has 0 fully saturated rings. The van der Waals surface area contributed by atoms with Gasteiger partial charge >= 0.3 is 0 Å².